The maximum Gasteiger partial charge on any atom is 0.343 e. The molecule has 1 aliphatic rings. The molecule has 148 valence electrons. The van der Waals surface area contributed by atoms with Gasteiger partial charge >= 0.3 is 5.97 Å². The van der Waals surface area contributed by atoms with Crippen molar-refractivity contribution in [3.8, 4) is 5.75 Å². The Hall–Kier alpha value is -2.96. The maximum absolute atomic E-state index is 12.3. The van der Waals surface area contributed by atoms with Crippen molar-refractivity contribution in [1.29, 1.82) is 0 Å². The number of ether oxygens (including phenoxy) is 1. The lowest BCUT2D eigenvalue weighted by atomic mass is 10.2. The minimum atomic E-state index is -0.425. The molecule has 0 saturated carbocycles. The summed E-state index contributed by atoms with van der Waals surface area (Å²) in [5.74, 6) is -0.236. The van der Waals surface area contributed by atoms with Gasteiger partial charge in [-0.1, -0.05) is 69.7 Å². The Labute approximate surface area is 186 Å². The van der Waals surface area contributed by atoms with Crippen molar-refractivity contribution < 1.29 is 14.3 Å². The van der Waals surface area contributed by atoms with Crippen LogP contribution >= 0.6 is 27.7 Å². The second kappa shape index (κ2) is 8.81. The van der Waals surface area contributed by atoms with E-state index >= 15 is 0 Å². The molecule has 4 rings (SSSR count). The molecule has 30 heavy (non-hydrogen) atoms. The second-order valence-electron chi connectivity index (χ2n) is 6.66. The van der Waals surface area contributed by atoms with Crippen molar-refractivity contribution in [2.75, 3.05) is 0 Å². The van der Waals surface area contributed by atoms with Gasteiger partial charge in [0, 0.05) is 10.0 Å². The topological polar surface area (TPSA) is 55.7 Å². The highest BCUT2D eigenvalue weighted by molar-refractivity contribution is 9.10. The lowest BCUT2D eigenvalue weighted by molar-refractivity contribution is -0.113. The Morgan fingerprint density at radius 1 is 0.967 bits per heavy atom. The number of aliphatic imine (C=N–C) groups is 1. The van der Waals surface area contributed by atoms with Gasteiger partial charge in [-0.05, 0) is 55.0 Å². The molecule has 0 aliphatic carbocycles. The first-order chi connectivity index (χ1) is 14.5. The summed E-state index contributed by atoms with van der Waals surface area (Å²) >= 11 is 4.70. The summed E-state index contributed by atoms with van der Waals surface area (Å²) in [4.78, 5) is 29.2. The summed E-state index contributed by atoms with van der Waals surface area (Å²) in [6, 6.07) is 21.9. The number of esters is 1. The van der Waals surface area contributed by atoms with Gasteiger partial charge in [0.05, 0.1) is 10.5 Å². The van der Waals surface area contributed by atoms with Crippen LogP contribution in [0.5, 0.6) is 5.75 Å². The summed E-state index contributed by atoms with van der Waals surface area (Å²) in [7, 11) is 0. The van der Waals surface area contributed by atoms with Crippen LogP contribution < -0.4 is 4.74 Å². The van der Waals surface area contributed by atoms with Crippen LogP contribution in [-0.2, 0) is 4.79 Å². The minimum Gasteiger partial charge on any atom is -0.423 e. The van der Waals surface area contributed by atoms with E-state index < -0.39 is 5.97 Å². The zero-order valence-corrected chi connectivity index (χ0v) is 18.4. The molecule has 3 aromatic rings. The van der Waals surface area contributed by atoms with Gasteiger partial charge in [-0.2, -0.15) is 0 Å². The van der Waals surface area contributed by atoms with Gasteiger partial charge in [0.1, 0.15) is 10.8 Å². The lowest BCUT2D eigenvalue weighted by Gasteiger charge is -2.05. The van der Waals surface area contributed by atoms with Gasteiger partial charge < -0.3 is 4.74 Å². The van der Waals surface area contributed by atoms with Crippen LogP contribution in [0, 0.1) is 6.92 Å². The highest BCUT2D eigenvalue weighted by Crippen LogP contribution is 2.32. The predicted octanol–water partition coefficient (Wildman–Crippen LogP) is 6.04. The standard InChI is InChI=1S/C24H16BrNO3S/c1-15-2-6-17(7-3-15)23-26-22(27)21(30-23)14-16-4-12-20(13-5-16)29-24(28)18-8-10-19(25)11-9-18/h2-14H,1H3/b21-14-. The van der Waals surface area contributed by atoms with Crippen LogP contribution in [0.15, 0.2) is 87.2 Å². The van der Waals surface area contributed by atoms with Crippen LogP contribution in [-0.4, -0.2) is 16.9 Å². The molecule has 0 aromatic heterocycles. The molecular formula is C24H16BrNO3S. The van der Waals surface area contributed by atoms with Gasteiger partial charge in [-0.15, -0.1) is 0 Å². The zero-order valence-electron chi connectivity index (χ0n) is 16.0. The van der Waals surface area contributed by atoms with E-state index in [2.05, 4.69) is 20.9 Å². The summed E-state index contributed by atoms with van der Waals surface area (Å²) in [5, 5.41) is 0.700. The van der Waals surface area contributed by atoms with Gasteiger partial charge in [-0.25, -0.2) is 9.79 Å². The third kappa shape index (κ3) is 4.78. The van der Waals surface area contributed by atoms with Crippen molar-refractivity contribution in [1.82, 2.24) is 0 Å². The lowest BCUT2D eigenvalue weighted by Crippen LogP contribution is -2.08. The number of hydrogen-bond donors (Lipinski definition) is 0. The van der Waals surface area contributed by atoms with Gasteiger partial charge in [0.25, 0.3) is 5.91 Å². The predicted molar refractivity (Wildman–Crippen MR) is 124 cm³/mol. The van der Waals surface area contributed by atoms with E-state index in [1.165, 1.54) is 11.8 Å². The Morgan fingerprint density at radius 2 is 1.63 bits per heavy atom. The molecule has 3 aromatic carbocycles. The summed E-state index contributed by atoms with van der Waals surface area (Å²) < 4.78 is 6.29. The highest BCUT2D eigenvalue weighted by Gasteiger charge is 2.22. The Morgan fingerprint density at radius 3 is 2.30 bits per heavy atom. The fourth-order valence-corrected chi connectivity index (χ4v) is 3.95. The van der Waals surface area contributed by atoms with E-state index in [0.29, 0.717) is 21.3 Å². The number of thioether (sulfide) groups is 1. The summed E-state index contributed by atoms with van der Waals surface area (Å²) in [6.45, 7) is 2.02. The SMILES string of the molecule is Cc1ccc(C2=NC(=O)/C(=C/c3ccc(OC(=O)c4ccc(Br)cc4)cc3)S2)cc1. The first-order valence-electron chi connectivity index (χ1n) is 9.15. The zero-order chi connectivity index (χ0) is 21.1. The molecule has 0 saturated heterocycles. The van der Waals surface area contributed by atoms with Crippen molar-refractivity contribution >= 4 is 50.7 Å². The molecule has 6 heteroatoms. The van der Waals surface area contributed by atoms with Crippen molar-refractivity contribution in [3.05, 3.63) is 104 Å². The van der Waals surface area contributed by atoms with Crippen molar-refractivity contribution in [2.24, 2.45) is 4.99 Å². The third-order valence-electron chi connectivity index (χ3n) is 4.39. The fraction of sp³-hybridized carbons (Fsp3) is 0.0417. The molecule has 0 spiro atoms. The van der Waals surface area contributed by atoms with Gasteiger partial charge in [-0.3, -0.25) is 4.79 Å². The summed E-state index contributed by atoms with van der Waals surface area (Å²) in [6.07, 6.45) is 1.79. The normalized spacial score (nSPS) is 14.7. The van der Waals surface area contributed by atoms with Gasteiger partial charge in [0.2, 0.25) is 0 Å². The third-order valence-corrected chi connectivity index (χ3v) is 5.95. The molecule has 1 amide bonds. The van der Waals surface area contributed by atoms with E-state index in [0.717, 1.165) is 21.2 Å². The Kier molecular flexibility index (Phi) is 5.97. The molecular weight excluding hydrogens is 462 g/mol. The van der Waals surface area contributed by atoms with Crippen LogP contribution in [0.4, 0.5) is 0 Å². The first kappa shape index (κ1) is 20.3. The first-order valence-corrected chi connectivity index (χ1v) is 10.8. The Bertz CT molecular complexity index is 1160. The maximum atomic E-state index is 12.3. The fourth-order valence-electron chi connectivity index (χ4n) is 2.76. The quantitative estimate of drug-likeness (QED) is 0.261. The molecule has 0 fully saturated rings. The number of aryl methyl sites for hydroxylation is 1. The number of amides is 1. The molecule has 0 N–H and O–H groups in total. The smallest absolute Gasteiger partial charge is 0.343 e. The number of rotatable bonds is 4. The van der Waals surface area contributed by atoms with E-state index in [1.54, 1.807) is 54.6 Å². The number of hydrogen-bond acceptors (Lipinski definition) is 4. The molecule has 0 radical (unpaired) electrons. The number of carbonyl (C=O) groups is 2. The van der Waals surface area contributed by atoms with E-state index in [9.17, 15) is 9.59 Å². The minimum absolute atomic E-state index is 0.249. The largest absolute Gasteiger partial charge is 0.423 e. The molecule has 1 heterocycles. The van der Waals surface area contributed by atoms with Crippen LogP contribution in [0.2, 0.25) is 0 Å². The monoisotopic (exact) mass is 477 g/mol. The number of benzene rings is 3. The number of halogens is 1. The second-order valence-corrected chi connectivity index (χ2v) is 8.61. The van der Waals surface area contributed by atoms with E-state index in [1.807, 2.05) is 31.2 Å². The van der Waals surface area contributed by atoms with E-state index in [4.69, 9.17) is 4.74 Å². The molecule has 0 bridgehead atoms. The Balaban J connectivity index is 1.43. The molecule has 0 atom stereocenters. The number of carbonyl (C=O) groups excluding carboxylic acids is 2. The summed E-state index contributed by atoms with van der Waals surface area (Å²) in [5.41, 5.74) is 3.38. The van der Waals surface area contributed by atoms with Crippen LogP contribution in [0.1, 0.15) is 27.0 Å². The average Bonchev–Trinajstić information content (AvgIpc) is 3.10. The van der Waals surface area contributed by atoms with Crippen LogP contribution in [0.25, 0.3) is 6.08 Å². The molecule has 0 unspecified atom stereocenters. The van der Waals surface area contributed by atoms with Crippen molar-refractivity contribution in [2.45, 2.75) is 6.92 Å². The van der Waals surface area contributed by atoms with Crippen molar-refractivity contribution in [3.63, 3.8) is 0 Å². The van der Waals surface area contributed by atoms with Gasteiger partial charge in [0.15, 0.2) is 0 Å². The highest BCUT2D eigenvalue weighted by atomic mass is 79.9. The van der Waals surface area contributed by atoms with Crippen LogP contribution in [0.3, 0.4) is 0 Å². The van der Waals surface area contributed by atoms with E-state index in [-0.39, 0.29) is 5.91 Å². The number of nitrogens with zero attached hydrogens (tertiary/aromatic N) is 1. The molecule has 1 aliphatic heterocycles. The molecule has 4 nitrogen and oxygen atoms in total. The average molecular weight is 478 g/mol.